The van der Waals surface area contributed by atoms with Gasteiger partial charge in [-0.1, -0.05) is 15.9 Å². The van der Waals surface area contributed by atoms with Crippen LogP contribution in [0.2, 0.25) is 0 Å². The van der Waals surface area contributed by atoms with Crippen molar-refractivity contribution >= 4 is 27.9 Å². The van der Waals surface area contributed by atoms with E-state index in [9.17, 15) is 9.59 Å². The van der Waals surface area contributed by atoms with E-state index in [2.05, 4.69) is 21.2 Å². The standard InChI is InChI=1S/C10H15BrN2O3/c11-5-9(14)12-6-3-7-1-2-8(4-6)13(7)10(15)16/h6-8H,1-5H2,(H,12,14)(H,15,16)/t6-,7-,8+. The van der Waals surface area contributed by atoms with E-state index >= 15 is 0 Å². The van der Waals surface area contributed by atoms with Gasteiger partial charge in [0.25, 0.3) is 0 Å². The quantitative estimate of drug-likeness (QED) is 0.750. The summed E-state index contributed by atoms with van der Waals surface area (Å²) in [4.78, 5) is 23.8. The average molecular weight is 291 g/mol. The van der Waals surface area contributed by atoms with Crippen molar-refractivity contribution in [2.24, 2.45) is 0 Å². The molecule has 2 saturated heterocycles. The highest BCUT2D eigenvalue weighted by atomic mass is 79.9. The minimum absolute atomic E-state index is 0.0202. The Balaban J connectivity index is 1.97. The minimum atomic E-state index is -0.822. The topological polar surface area (TPSA) is 69.6 Å². The molecule has 2 rings (SSSR count). The summed E-state index contributed by atoms with van der Waals surface area (Å²) in [6.45, 7) is 0. The molecule has 0 aromatic carbocycles. The summed E-state index contributed by atoms with van der Waals surface area (Å²) >= 11 is 3.11. The monoisotopic (exact) mass is 290 g/mol. The number of carbonyl (C=O) groups excluding carboxylic acids is 1. The normalized spacial score (nSPS) is 32.6. The van der Waals surface area contributed by atoms with Gasteiger partial charge in [0.15, 0.2) is 0 Å². The molecule has 0 radical (unpaired) electrons. The molecule has 0 aromatic heterocycles. The average Bonchev–Trinajstić information content (AvgIpc) is 2.51. The van der Waals surface area contributed by atoms with E-state index in [-0.39, 0.29) is 24.0 Å². The fourth-order valence-electron chi connectivity index (χ4n) is 2.87. The highest BCUT2D eigenvalue weighted by molar-refractivity contribution is 9.09. The molecule has 2 aliphatic heterocycles. The third-order valence-corrected chi connectivity index (χ3v) is 3.95. The molecule has 2 amide bonds. The molecule has 2 N–H and O–H groups in total. The Morgan fingerprint density at radius 3 is 2.31 bits per heavy atom. The maximum atomic E-state index is 11.2. The number of piperidine rings is 1. The Morgan fingerprint density at radius 2 is 1.88 bits per heavy atom. The number of carbonyl (C=O) groups is 2. The van der Waals surface area contributed by atoms with Crippen LogP contribution in [0.25, 0.3) is 0 Å². The Hall–Kier alpha value is -0.780. The molecule has 2 bridgehead atoms. The molecule has 2 fully saturated rings. The first-order chi connectivity index (χ1) is 7.61. The van der Waals surface area contributed by atoms with Crippen LogP contribution in [0.15, 0.2) is 0 Å². The number of fused-ring (bicyclic) bond motifs is 2. The number of carboxylic acid groups (broad SMARTS) is 1. The number of halogens is 1. The SMILES string of the molecule is O=C(CBr)N[C@@H]1C[C@H]2CC[C@@H](C1)N2C(=O)O. The fourth-order valence-corrected chi connectivity index (χ4v) is 3.04. The molecule has 5 nitrogen and oxygen atoms in total. The van der Waals surface area contributed by atoms with Crippen molar-refractivity contribution in [2.45, 2.75) is 43.8 Å². The van der Waals surface area contributed by atoms with E-state index in [1.54, 1.807) is 4.90 Å². The first kappa shape index (κ1) is 11.7. The summed E-state index contributed by atoms with van der Waals surface area (Å²) in [7, 11) is 0. The van der Waals surface area contributed by atoms with Gasteiger partial charge in [-0.05, 0) is 25.7 Å². The summed E-state index contributed by atoms with van der Waals surface area (Å²) in [6, 6.07) is 0.326. The largest absolute Gasteiger partial charge is 0.465 e. The van der Waals surface area contributed by atoms with Gasteiger partial charge in [0, 0.05) is 18.1 Å². The maximum Gasteiger partial charge on any atom is 0.407 e. The second-order valence-corrected chi connectivity index (χ2v) is 5.01. The van der Waals surface area contributed by atoms with Crippen LogP contribution in [0.3, 0.4) is 0 Å². The smallest absolute Gasteiger partial charge is 0.407 e. The molecular weight excluding hydrogens is 276 g/mol. The van der Waals surface area contributed by atoms with Gasteiger partial charge in [0.2, 0.25) is 5.91 Å². The summed E-state index contributed by atoms with van der Waals surface area (Å²) in [5.41, 5.74) is 0. The molecule has 0 unspecified atom stereocenters. The maximum absolute atomic E-state index is 11.2. The molecular formula is C10H15BrN2O3. The van der Waals surface area contributed by atoms with E-state index < -0.39 is 6.09 Å². The molecule has 3 atom stereocenters. The molecule has 0 spiro atoms. The van der Waals surface area contributed by atoms with Crippen molar-refractivity contribution in [1.82, 2.24) is 10.2 Å². The number of hydrogen-bond acceptors (Lipinski definition) is 2. The zero-order valence-electron chi connectivity index (χ0n) is 8.86. The Bertz CT molecular complexity index is 296. The molecule has 2 heterocycles. The lowest BCUT2D eigenvalue weighted by atomic mass is 9.98. The van der Waals surface area contributed by atoms with Crippen molar-refractivity contribution in [3.8, 4) is 0 Å². The van der Waals surface area contributed by atoms with Crippen LogP contribution in [0, 0.1) is 0 Å². The van der Waals surface area contributed by atoms with Crippen molar-refractivity contribution in [1.29, 1.82) is 0 Å². The van der Waals surface area contributed by atoms with Crippen LogP contribution < -0.4 is 5.32 Å². The number of nitrogens with zero attached hydrogens (tertiary/aromatic N) is 1. The van der Waals surface area contributed by atoms with E-state index in [0.29, 0.717) is 5.33 Å². The van der Waals surface area contributed by atoms with Crippen LogP contribution in [0.5, 0.6) is 0 Å². The minimum Gasteiger partial charge on any atom is -0.465 e. The first-order valence-corrected chi connectivity index (χ1v) is 6.60. The highest BCUT2D eigenvalue weighted by Gasteiger charge is 2.43. The summed E-state index contributed by atoms with van der Waals surface area (Å²) in [5.74, 6) is -0.0202. The predicted molar refractivity (Wildman–Crippen MR) is 61.6 cm³/mol. The van der Waals surface area contributed by atoms with Gasteiger partial charge < -0.3 is 15.3 Å². The molecule has 0 aromatic rings. The highest BCUT2D eigenvalue weighted by Crippen LogP contribution is 2.35. The second-order valence-electron chi connectivity index (χ2n) is 4.44. The summed E-state index contributed by atoms with van der Waals surface area (Å²) in [5, 5.41) is 12.3. The number of nitrogens with one attached hydrogen (secondary N) is 1. The molecule has 6 heteroatoms. The van der Waals surface area contributed by atoms with Crippen molar-refractivity contribution < 1.29 is 14.7 Å². The van der Waals surface area contributed by atoms with E-state index in [4.69, 9.17) is 5.11 Å². The Morgan fingerprint density at radius 1 is 1.31 bits per heavy atom. The fraction of sp³-hybridized carbons (Fsp3) is 0.800. The van der Waals surface area contributed by atoms with E-state index in [1.807, 2.05) is 0 Å². The number of amides is 2. The lowest BCUT2D eigenvalue weighted by molar-refractivity contribution is -0.119. The third kappa shape index (κ3) is 2.16. The van der Waals surface area contributed by atoms with Gasteiger partial charge in [-0.25, -0.2) is 4.79 Å². The second kappa shape index (κ2) is 4.61. The molecule has 16 heavy (non-hydrogen) atoms. The van der Waals surface area contributed by atoms with E-state index in [1.165, 1.54) is 0 Å². The summed E-state index contributed by atoms with van der Waals surface area (Å²) in [6.07, 6.45) is 2.54. The van der Waals surface area contributed by atoms with Crippen molar-refractivity contribution in [2.75, 3.05) is 5.33 Å². The summed E-state index contributed by atoms with van der Waals surface area (Å²) < 4.78 is 0. The zero-order valence-corrected chi connectivity index (χ0v) is 10.4. The van der Waals surface area contributed by atoms with E-state index in [0.717, 1.165) is 25.7 Å². The van der Waals surface area contributed by atoms with Crippen LogP contribution in [-0.2, 0) is 4.79 Å². The Kier molecular flexibility index (Phi) is 3.37. The van der Waals surface area contributed by atoms with Gasteiger partial charge in [-0.2, -0.15) is 0 Å². The lowest BCUT2D eigenvalue weighted by Gasteiger charge is -2.37. The van der Waals surface area contributed by atoms with Gasteiger partial charge >= 0.3 is 6.09 Å². The molecule has 90 valence electrons. The van der Waals surface area contributed by atoms with Crippen molar-refractivity contribution in [3.05, 3.63) is 0 Å². The van der Waals surface area contributed by atoms with Gasteiger partial charge in [0.05, 0.1) is 5.33 Å². The van der Waals surface area contributed by atoms with Crippen LogP contribution in [0.4, 0.5) is 4.79 Å². The molecule has 0 aliphatic carbocycles. The predicted octanol–water partition coefficient (Wildman–Crippen LogP) is 1.17. The number of rotatable bonds is 2. The third-order valence-electron chi connectivity index (χ3n) is 3.44. The molecule has 2 aliphatic rings. The van der Waals surface area contributed by atoms with Gasteiger partial charge in [-0.15, -0.1) is 0 Å². The van der Waals surface area contributed by atoms with Crippen LogP contribution in [0.1, 0.15) is 25.7 Å². The van der Waals surface area contributed by atoms with Gasteiger partial charge in [-0.3, -0.25) is 4.79 Å². The van der Waals surface area contributed by atoms with Gasteiger partial charge in [0.1, 0.15) is 0 Å². The Labute approximate surface area is 102 Å². The van der Waals surface area contributed by atoms with Crippen molar-refractivity contribution in [3.63, 3.8) is 0 Å². The lowest BCUT2D eigenvalue weighted by Crippen LogP contribution is -2.52. The zero-order chi connectivity index (χ0) is 11.7. The van der Waals surface area contributed by atoms with Crippen LogP contribution in [-0.4, -0.2) is 45.5 Å². The first-order valence-electron chi connectivity index (χ1n) is 5.48. The number of alkyl halides is 1. The number of hydrogen-bond donors (Lipinski definition) is 2. The molecule has 0 saturated carbocycles. The van der Waals surface area contributed by atoms with Crippen LogP contribution >= 0.6 is 15.9 Å².